The van der Waals surface area contributed by atoms with Crippen LogP contribution in [0, 0.1) is 11.8 Å². The van der Waals surface area contributed by atoms with Crippen LogP contribution in [-0.4, -0.2) is 49.6 Å². The number of amides is 2. The number of nitrogens with one attached hydrogen (secondary N) is 2. The van der Waals surface area contributed by atoms with Gasteiger partial charge in [0.15, 0.2) is 17.6 Å². The highest BCUT2D eigenvalue weighted by atomic mass is 16.6. The summed E-state index contributed by atoms with van der Waals surface area (Å²) in [6.07, 6.45) is 10.2. The Labute approximate surface area is 251 Å². The van der Waals surface area contributed by atoms with Gasteiger partial charge in [-0.2, -0.15) is 0 Å². The van der Waals surface area contributed by atoms with Crippen LogP contribution in [0.15, 0.2) is 65.7 Å². The summed E-state index contributed by atoms with van der Waals surface area (Å²) >= 11 is 0. The summed E-state index contributed by atoms with van der Waals surface area (Å²) in [6, 6.07) is 8.34. The number of anilines is 1. The van der Waals surface area contributed by atoms with E-state index in [1.807, 2.05) is 30.4 Å². The van der Waals surface area contributed by atoms with Crippen molar-refractivity contribution in [2.75, 3.05) is 12.3 Å². The van der Waals surface area contributed by atoms with E-state index in [4.69, 9.17) is 10.5 Å². The highest BCUT2D eigenvalue weighted by Gasteiger charge is 2.29. The maximum atomic E-state index is 14.2. The van der Waals surface area contributed by atoms with E-state index in [1.54, 1.807) is 42.1 Å². The van der Waals surface area contributed by atoms with Gasteiger partial charge in [-0.15, -0.1) is 5.10 Å². The summed E-state index contributed by atoms with van der Waals surface area (Å²) in [7, 11) is 0. The van der Waals surface area contributed by atoms with Crippen LogP contribution in [-0.2, 0) is 14.3 Å². The summed E-state index contributed by atoms with van der Waals surface area (Å²) in [5.74, 6) is 4.72. The number of ether oxygens (including phenoxy) is 1. The molecule has 1 aromatic carbocycles. The zero-order chi connectivity index (χ0) is 30.8. The third-order valence-electron chi connectivity index (χ3n) is 7.55. The molecule has 6 rings (SSSR count). The molecule has 1 aliphatic carbocycles. The normalized spacial score (nSPS) is 16.6. The lowest BCUT2D eigenvalue weighted by atomic mass is 10.0. The summed E-state index contributed by atoms with van der Waals surface area (Å²) in [4.78, 5) is 55.5. The van der Waals surface area contributed by atoms with Crippen LogP contribution in [0.4, 0.5) is 5.82 Å². The average molecular weight is 592 g/mol. The number of pyridine rings is 1. The fourth-order valence-corrected chi connectivity index (χ4v) is 5.44. The first-order valence-electron chi connectivity index (χ1n) is 14.2. The molecule has 2 amide bonds. The van der Waals surface area contributed by atoms with E-state index in [2.05, 4.69) is 32.6 Å². The Balaban J connectivity index is 1.34. The molecule has 44 heavy (non-hydrogen) atoms. The predicted molar refractivity (Wildman–Crippen MR) is 163 cm³/mol. The van der Waals surface area contributed by atoms with Crippen molar-refractivity contribution in [3.63, 3.8) is 0 Å². The number of benzene rings is 1. The van der Waals surface area contributed by atoms with Crippen molar-refractivity contribution in [1.29, 1.82) is 0 Å². The van der Waals surface area contributed by atoms with Gasteiger partial charge >= 0.3 is 5.97 Å². The molecule has 4 aromatic rings. The van der Waals surface area contributed by atoms with Crippen molar-refractivity contribution in [2.45, 2.75) is 44.8 Å². The second-order valence-electron chi connectivity index (χ2n) is 10.5. The largest absolute Gasteiger partial charge is 0.452 e. The topological polar surface area (TPSA) is 163 Å². The van der Waals surface area contributed by atoms with Gasteiger partial charge in [0.25, 0.3) is 17.4 Å². The van der Waals surface area contributed by atoms with E-state index in [9.17, 15) is 19.2 Å². The summed E-state index contributed by atoms with van der Waals surface area (Å²) in [6.45, 7) is 1.83. The average Bonchev–Trinajstić information content (AvgIpc) is 3.61. The Morgan fingerprint density at radius 1 is 1.23 bits per heavy atom. The Bertz CT molecular complexity index is 2010. The number of nitrogens with two attached hydrogens (primary N) is 1. The van der Waals surface area contributed by atoms with Crippen molar-refractivity contribution >= 4 is 45.7 Å². The van der Waals surface area contributed by atoms with Crippen LogP contribution >= 0.6 is 0 Å². The number of rotatable bonds is 6. The van der Waals surface area contributed by atoms with Crippen LogP contribution in [0.1, 0.15) is 60.3 Å². The van der Waals surface area contributed by atoms with E-state index in [-0.39, 0.29) is 29.9 Å². The number of fused-ring (bicyclic) bond motifs is 2. The van der Waals surface area contributed by atoms with Crippen molar-refractivity contribution < 1.29 is 19.1 Å². The monoisotopic (exact) mass is 591 g/mol. The minimum Gasteiger partial charge on any atom is -0.452 e. The molecule has 2 aliphatic rings. The molecule has 0 bridgehead atoms. The van der Waals surface area contributed by atoms with Crippen LogP contribution < -0.4 is 21.9 Å². The summed E-state index contributed by atoms with van der Waals surface area (Å²) in [5.41, 5.74) is 8.16. The van der Waals surface area contributed by atoms with Gasteiger partial charge in [0.05, 0.1) is 18.0 Å². The Hall–Kier alpha value is -5.70. The molecule has 12 nitrogen and oxygen atoms in total. The highest BCUT2D eigenvalue weighted by molar-refractivity contribution is 6.04. The maximum Gasteiger partial charge on any atom is 0.306 e. The minimum atomic E-state index is -0.798. The zero-order valence-electron chi connectivity index (χ0n) is 23.9. The lowest BCUT2D eigenvalue weighted by molar-refractivity contribution is -0.148. The number of carbonyl (C=O) groups excluding carboxylic acids is 3. The first-order valence-corrected chi connectivity index (χ1v) is 14.2. The molecular formula is C32H29N7O5. The minimum absolute atomic E-state index is 0.0239. The van der Waals surface area contributed by atoms with Gasteiger partial charge in [-0.25, -0.2) is 9.50 Å². The molecule has 0 saturated carbocycles. The number of cyclic esters (lactones) is 1. The SMILES string of the molecule is C[C@H](NC(=O)c1c(N)nn2cccnc12)c1cc2cccc(C#CCNC(=O)[C@H]3CCC(=O)O3)c2c(=O)n1C1=CC=CCC1. The number of esters is 1. The molecule has 12 heteroatoms. The fraction of sp³-hybridized carbons (Fsp3) is 0.250. The van der Waals surface area contributed by atoms with Gasteiger partial charge in [0, 0.05) is 42.2 Å². The molecule has 4 heterocycles. The number of hydrogen-bond acceptors (Lipinski definition) is 8. The molecule has 2 atom stereocenters. The summed E-state index contributed by atoms with van der Waals surface area (Å²) in [5, 5.41) is 10.9. The highest BCUT2D eigenvalue weighted by Crippen LogP contribution is 2.26. The summed E-state index contributed by atoms with van der Waals surface area (Å²) < 4.78 is 8.07. The van der Waals surface area contributed by atoms with Gasteiger partial charge in [-0.05, 0) is 49.4 Å². The molecule has 1 aliphatic heterocycles. The van der Waals surface area contributed by atoms with E-state index < -0.39 is 29.9 Å². The first-order chi connectivity index (χ1) is 21.3. The quantitative estimate of drug-likeness (QED) is 0.228. The molecule has 0 radical (unpaired) electrons. The van der Waals surface area contributed by atoms with Gasteiger partial charge in [-0.3, -0.25) is 23.7 Å². The van der Waals surface area contributed by atoms with Crippen LogP contribution in [0.25, 0.3) is 22.1 Å². The second kappa shape index (κ2) is 11.9. The van der Waals surface area contributed by atoms with E-state index >= 15 is 0 Å². The molecule has 3 aromatic heterocycles. The van der Waals surface area contributed by atoms with Gasteiger partial charge in [0.2, 0.25) is 0 Å². The van der Waals surface area contributed by atoms with Gasteiger partial charge < -0.3 is 21.1 Å². The molecule has 0 spiro atoms. The maximum absolute atomic E-state index is 14.2. The van der Waals surface area contributed by atoms with E-state index in [0.29, 0.717) is 40.5 Å². The molecule has 0 unspecified atom stereocenters. The van der Waals surface area contributed by atoms with Crippen molar-refractivity contribution in [3.05, 3.63) is 88.1 Å². The number of nitrogens with zero attached hydrogens (tertiary/aromatic N) is 4. The van der Waals surface area contributed by atoms with Crippen molar-refractivity contribution in [3.8, 4) is 11.8 Å². The van der Waals surface area contributed by atoms with Crippen LogP contribution in [0.2, 0.25) is 0 Å². The Morgan fingerprint density at radius 3 is 2.86 bits per heavy atom. The lowest BCUT2D eigenvalue weighted by Gasteiger charge is -2.23. The smallest absolute Gasteiger partial charge is 0.306 e. The van der Waals surface area contributed by atoms with Gasteiger partial charge in [0.1, 0.15) is 5.56 Å². The number of carbonyl (C=O) groups is 3. The van der Waals surface area contributed by atoms with E-state index in [0.717, 1.165) is 12.1 Å². The number of allylic oxidation sites excluding steroid dienone is 4. The van der Waals surface area contributed by atoms with Crippen LogP contribution in [0.3, 0.4) is 0 Å². The third kappa shape index (κ3) is 5.43. The Morgan fingerprint density at radius 2 is 2.09 bits per heavy atom. The Kier molecular flexibility index (Phi) is 7.68. The number of aromatic nitrogens is 4. The van der Waals surface area contributed by atoms with Crippen molar-refractivity contribution in [1.82, 2.24) is 29.8 Å². The number of nitrogen functional groups attached to an aromatic ring is 1. The van der Waals surface area contributed by atoms with Crippen molar-refractivity contribution in [2.24, 2.45) is 0 Å². The van der Waals surface area contributed by atoms with E-state index in [1.165, 1.54) is 4.52 Å². The molecule has 1 fully saturated rings. The lowest BCUT2D eigenvalue weighted by Crippen LogP contribution is -2.34. The molecular weight excluding hydrogens is 562 g/mol. The number of hydrogen-bond donors (Lipinski definition) is 3. The fourth-order valence-electron chi connectivity index (χ4n) is 5.44. The molecule has 1 saturated heterocycles. The second-order valence-corrected chi connectivity index (χ2v) is 10.5. The molecule has 222 valence electrons. The molecule has 4 N–H and O–H groups in total. The third-order valence-corrected chi connectivity index (χ3v) is 7.55. The first kappa shape index (κ1) is 28.4. The standard InChI is InChI=1S/C32H29N7O5/c1-19(36-31(42)27-28(33)37-38-17-7-16-34-29(27)38)23-18-21-9-5-8-20(10-6-15-35-30(41)24-13-14-25(40)44-24)26(21)32(43)39(23)22-11-3-2-4-12-22/h2-3,5,7-9,11,16-19,24H,4,12-15H2,1H3,(H2,33,37)(H,35,41)(H,36,42)/t19-,24+/m0/s1. The predicted octanol–water partition coefficient (Wildman–Crippen LogP) is 2.48. The zero-order valence-corrected chi connectivity index (χ0v) is 23.9. The van der Waals surface area contributed by atoms with Crippen LogP contribution in [0.5, 0.6) is 0 Å². The van der Waals surface area contributed by atoms with Gasteiger partial charge in [-0.1, -0.05) is 36.1 Å².